The van der Waals surface area contributed by atoms with Gasteiger partial charge >= 0.3 is 0 Å². The van der Waals surface area contributed by atoms with Crippen molar-refractivity contribution in [2.75, 3.05) is 7.05 Å². The van der Waals surface area contributed by atoms with Gasteiger partial charge in [0.2, 0.25) is 0 Å². The summed E-state index contributed by atoms with van der Waals surface area (Å²) >= 11 is 0. The van der Waals surface area contributed by atoms with Crippen molar-refractivity contribution in [2.45, 2.75) is 0 Å². The molecule has 0 fully saturated rings. The molecule has 1 aromatic carbocycles. The predicted molar refractivity (Wildman–Crippen MR) is 55.5 cm³/mol. The number of aromatic amines is 1. The maximum absolute atomic E-state index is 10.4. The Morgan fingerprint density at radius 1 is 1.36 bits per heavy atom. The second kappa shape index (κ2) is 4.43. The molecule has 4 nitrogen and oxygen atoms in total. The molecule has 1 heterocycles. The molecule has 0 atom stereocenters. The number of fused-ring (bicyclic) bond motifs is 1. The quantitative estimate of drug-likeness (QED) is 0.595. The highest BCUT2D eigenvalue weighted by molar-refractivity contribution is 5.88. The summed E-state index contributed by atoms with van der Waals surface area (Å²) in [7, 11) is 1.50. The summed E-state index contributed by atoms with van der Waals surface area (Å²) < 4.78 is 0. The van der Waals surface area contributed by atoms with Gasteiger partial charge in [-0.25, -0.2) is 0 Å². The summed E-state index contributed by atoms with van der Waals surface area (Å²) in [4.78, 5) is 13.3. The number of H-pyrrole nitrogens is 1. The number of aromatic nitrogens is 1. The molecule has 0 aliphatic carbocycles. The molecule has 2 rings (SSSR count). The molecule has 2 aromatic rings. The van der Waals surface area contributed by atoms with E-state index in [1.807, 2.05) is 0 Å². The van der Waals surface area contributed by atoms with Crippen LogP contribution >= 0.6 is 0 Å². The molecular formula is C10H12N2O2. The van der Waals surface area contributed by atoms with E-state index >= 15 is 0 Å². The van der Waals surface area contributed by atoms with Crippen LogP contribution < -0.4 is 5.73 Å². The fourth-order valence-corrected chi connectivity index (χ4v) is 1.21. The Balaban J connectivity index is 0.000000461. The lowest BCUT2D eigenvalue weighted by molar-refractivity contribution is 0.112. The van der Waals surface area contributed by atoms with Gasteiger partial charge in [-0.05, 0) is 31.3 Å². The smallest absolute Gasteiger partial charge is 0.166 e. The minimum absolute atomic E-state index is 0.207. The maximum Gasteiger partial charge on any atom is 0.166 e. The van der Waals surface area contributed by atoms with Gasteiger partial charge in [-0.3, -0.25) is 4.79 Å². The summed E-state index contributed by atoms with van der Waals surface area (Å²) in [6.07, 6.45) is 0.747. The van der Waals surface area contributed by atoms with Crippen LogP contribution in [0.1, 0.15) is 10.5 Å². The second-order valence-corrected chi connectivity index (χ2v) is 2.61. The minimum Gasteiger partial charge on any atom is -0.508 e. The number of carbonyl (C=O) groups is 1. The third kappa shape index (κ3) is 1.92. The maximum atomic E-state index is 10.4. The van der Waals surface area contributed by atoms with E-state index in [1.165, 1.54) is 7.05 Å². The fraction of sp³-hybridized carbons (Fsp3) is 0.100. The van der Waals surface area contributed by atoms with Crippen LogP contribution in [0.25, 0.3) is 10.9 Å². The minimum atomic E-state index is 0.207. The van der Waals surface area contributed by atoms with Crippen LogP contribution in [0.5, 0.6) is 5.75 Å². The number of phenols is 1. The SMILES string of the molecule is CN.O=Cc1cc2cc(O)ccc2[nH]1. The van der Waals surface area contributed by atoms with Crippen LogP contribution in [0.3, 0.4) is 0 Å². The number of nitrogens with two attached hydrogens (primary N) is 1. The highest BCUT2D eigenvalue weighted by Crippen LogP contribution is 2.19. The van der Waals surface area contributed by atoms with Gasteiger partial charge < -0.3 is 15.8 Å². The van der Waals surface area contributed by atoms with Crippen molar-refractivity contribution >= 4 is 17.2 Å². The van der Waals surface area contributed by atoms with Crippen molar-refractivity contribution in [1.82, 2.24) is 4.98 Å². The van der Waals surface area contributed by atoms with Crippen LogP contribution in [0.15, 0.2) is 24.3 Å². The van der Waals surface area contributed by atoms with E-state index in [4.69, 9.17) is 5.11 Å². The highest BCUT2D eigenvalue weighted by Gasteiger charge is 1.99. The van der Waals surface area contributed by atoms with Gasteiger partial charge in [-0.1, -0.05) is 0 Å². The van der Waals surface area contributed by atoms with Crippen LogP contribution in [-0.4, -0.2) is 23.4 Å². The number of hydrogen-bond donors (Lipinski definition) is 3. The molecular weight excluding hydrogens is 180 g/mol. The van der Waals surface area contributed by atoms with E-state index in [0.29, 0.717) is 5.69 Å². The first-order valence-electron chi connectivity index (χ1n) is 4.14. The summed E-state index contributed by atoms with van der Waals surface area (Å²) in [5, 5.41) is 9.95. The summed E-state index contributed by atoms with van der Waals surface area (Å²) in [5.41, 5.74) is 5.88. The van der Waals surface area contributed by atoms with E-state index in [2.05, 4.69) is 10.7 Å². The van der Waals surface area contributed by atoms with Gasteiger partial charge in [-0.15, -0.1) is 0 Å². The summed E-state index contributed by atoms with van der Waals surface area (Å²) in [6.45, 7) is 0. The summed E-state index contributed by atoms with van der Waals surface area (Å²) in [6, 6.07) is 6.62. The Morgan fingerprint density at radius 2 is 2.07 bits per heavy atom. The number of carbonyl (C=O) groups excluding carboxylic acids is 1. The lowest BCUT2D eigenvalue weighted by Crippen LogP contribution is -1.74. The Hall–Kier alpha value is -1.81. The molecule has 0 spiro atoms. The van der Waals surface area contributed by atoms with Gasteiger partial charge in [0.1, 0.15) is 5.75 Å². The van der Waals surface area contributed by atoms with Gasteiger partial charge in [0.05, 0.1) is 5.69 Å². The average Bonchev–Trinajstić information content (AvgIpc) is 2.62. The topological polar surface area (TPSA) is 79.1 Å². The average molecular weight is 192 g/mol. The van der Waals surface area contributed by atoms with E-state index in [-0.39, 0.29) is 5.75 Å². The van der Waals surface area contributed by atoms with Gasteiger partial charge in [0.15, 0.2) is 6.29 Å². The zero-order chi connectivity index (χ0) is 10.6. The molecule has 0 saturated carbocycles. The van der Waals surface area contributed by atoms with Crippen molar-refractivity contribution in [3.63, 3.8) is 0 Å². The van der Waals surface area contributed by atoms with E-state index in [1.54, 1.807) is 24.3 Å². The van der Waals surface area contributed by atoms with Crippen molar-refractivity contribution < 1.29 is 9.90 Å². The molecule has 0 radical (unpaired) electrons. The Bertz CT molecular complexity index is 435. The standard InChI is InChI=1S/C9H7NO2.CH5N/c11-5-7-3-6-4-8(12)1-2-9(6)10-7;1-2/h1-5,10,12H;2H2,1H3. The monoisotopic (exact) mass is 192 g/mol. The zero-order valence-electron chi connectivity index (χ0n) is 7.82. The lowest BCUT2D eigenvalue weighted by Gasteiger charge is -1.89. The van der Waals surface area contributed by atoms with Crippen LogP contribution in [0, 0.1) is 0 Å². The first-order chi connectivity index (χ1) is 6.79. The molecule has 0 unspecified atom stereocenters. The van der Waals surface area contributed by atoms with Crippen molar-refractivity contribution in [3.05, 3.63) is 30.0 Å². The van der Waals surface area contributed by atoms with Crippen molar-refractivity contribution in [3.8, 4) is 5.75 Å². The first-order valence-corrected chi connectivity index (χ1v) is 4.14. The molecule has 0 aliphatic rings. The van der Waals surface area contributed by atoms with E-state index in [9.17, 15) is 4.79 Å². The molecule has 0 amide bonds. The third-order valence-electron chi connectivity index (χ3n) is 1.75. The molecule has 14 heavy (non-hydrogen) atoms. The molecule has 0 saturated heterocycles. The van der Waals surface area contributed by atoms with Crippen LogP contribution in [-0.2, 0) is 0 Å². The van der Waals surface area contributed by atoms with Gasteiger partial charge in [0.25, 0.3) is 0 Å². The van der Waals surface area contributed by atoms with Crippen LogP contribution in [0.4, 0.5) is 0 Å². The lowest BCUT2D eigenvalue weighted by atomic mass is 10.2. The Morgan fingerprint density at radius 3 is 2.71 bits per heavy atom. The van der Waals surface area contributed by atoms with Crippen molar-refractivity contribution in [1.29, 1.82) is 0 Å². The van der Waals surface area contributed by atoms with E-state index < -0.39 is 0 Å². The number of nitrogens with one attached hydrogen (secondary N) is 1. The number of rotatable bonds is 1. The van der Waals surface area contributed by atoms with Gasteiger partial charge in [0, 0.05) is 10.9 Å². The first kappa shape index (κ1) is 10.3. The normalized spacial score (nSPS) is 9.29. The molecule has 4 N–H and O–H groups in total. The number of aromatic hydroxyl groups is 1. The molecule has 0 aliphatic heterocycles. The molecule has 4 heteroatoms. The number of hydrogen-bond acceptors (Lipinski definition) is 3. The predicted octanol–water partition coefficient (Wildman–Crippen LogP) is 1.26. The number of benzene rings is 1. The Kier molecular flexibility index (Phi) is 3.25. The molecule has 0 bridgehead atoms. The second-order valence-electron chi connectivity index (χ2n) is 2.61. The number of phenolic OH excluding ortho intramolecular Hbond substituents is 1. The molecule has 1 aromatic heterocycles. The van der Waals surface area contributed by atoms with Gasteiger partial charge in [-0.2, -0.15) is 0 Å². The largest absolute Gasteiger partial charge is 0.508 e. The summed E-state index contributed by atoms with van der Waals surface area (Å²) in [5.74, 6) is 0.207. The highest BCUT2D eigenvalue weighted by atomic mass is 16.3. The zero-order valence-corrected chi connectivity index (χ0v) is 7.82. The van der Waals surface area contributed by atoms with Crippen LogP contribution in [0.2, 0.25) is 0 Å². The Labute approximate surface area is 81.4 Å². The third-order valence-corrected chi connectivity index (χ3v) is 1.75. The fourth-order valence-electron chi connectivity index (χ4n) is 1.21. The van der Waals surface area contributed by atoms with Crippen molar-refractivity contribution in [2.24, 2.45) is 5.73 Å². The number of aldehydes is 1. The van der Waals surface area contributed by atoms with E-state index in [0.717, 1.165) is 17.2 Å². The molecule has 74 valence electrons.